The van der Waals surface area contributed by atoms with E-state index in [1.807, 2.05) is 19.1 Å². The van der Waals surface area contributed by atoms with Gasteiger partial charge in [-0.2, -0.15) is 0 Å². The van der Waals surface area contributed by atoms with Crippen LogP contribution in [0.2, 0.25) is 0 Å². The van der Waals surface area contributed by atoms with Gasteiger partial charge in [-0.05, 0) is 45.0 Å². The Morgan fingerprint density at radius 3 is 2.75 bits per heavy atom. The fourth-order valence-electron chi connectivity index (χ4n) is 3.70. The molecule has 1 aliphatic heterocycles. The first kappa shape index (κ1) is 24.7. The van der Waals surface area contributed by atoms with E-state index in [2.05, 4.69) is 34.0 Å². The number of likely N-dealkylation sites (N-methyl/N-ethyl adjacent to an activating group) is 1. The first-order chi connectivity index (χ1) is 13.1. The number of esters is 1. The van der Waals surface area contributed by atoms with Crippen LogP contribution < -0.4 is 5.32 Å². The fourth-order valence-corrected chi connectivity index (χ4v) is 3.70. The number of nitrogens with one attached hydrogen (secondary N) is 1. The van der Waals surface area contributed by atoms with Crippen LogP contribution in [-0.2, 0) is 9.53 Å². The normalized spacial score (nSPS) is 18.5. The molecule has 1 aromatic heterocycles. The highest BCUT2D eigenvalue weighted by molar-refractivity contribution is 14.0. The molecule has 8 heteroatoms. The molecule has 2 unspecified atom stereocenters. The van der Waals surface area contributed by atoms with Gasteiger partial charge in [0.25, 0.3) is 0 Å². The molecule has 1 saturated heterocycles. The molecule has 2 rings (SSSR count). The number of carbonyl (C=O) groups is 1. The van der Waals surface area contributed by atoms with E-state index in [-0.39, 0.29) is 41.9 Å². The van der Waals surface area contributed by atoms with Crippen LogP contribution in [0.1, 0.15) is 45.4 Å². The van der Waals surface area contributed by atoms with Crippen molar-refractivity contribution in [3.8, 4) is 0 Å². The number of carbonyl (C=O) groups excluding carboxylic acids is 1. The van der Waals surface area contributed by atoms with Gasteiger partial charge < -0.3 is 19.4 Å². The van der Waals surface area contributed by atoms with Crippen LogP contribution in [0.5, 0.6) is 0 Å². The minimum absolute atomic E-state index is 0. The van der Waals surface area contributed by atoms with E-state index in [9.17, 15) is 4.79 Å². The lowest BCUT2D eigenvalue weighted by atomic mass is 9.98. The summed E-state index contributed by atoms with van der Waals surface area (Å²) in [6.45, 7) is 10.7. The summed E-state index contributed by atoms with van der Waals surface area (Å²) in [5, 5.41) is 3.49. The number of piperidine rings is 1. The summed E-state index contributed by atoms with van der Waals surface area (Å²) >= 11 is 0. The molecular formula is C20H35IN4O3. The molecule has 160 valence electrons. The van der Waals surface area contributed by atoms with Gasteiger partial charge >= 0.3 is 5.97 Å². The molecular weight excluding hydrogens is 471 g/mol. The fraction of sp³-hybridized carbons (Fsp3) is 0.700. The second kappa shape index (κ2) is 13.0. The zero-order chi connectivity index (χ0) is 19.6. The Hall–Kier alpha value is -1.29. The van der Waals surface area contributed by atoms with Crippen LogP contribution in [0.4, 0.5) is 0 Å². The van der Waals surface area contributed by atoms with Crippen molar-refractivity contribution in [2.24, 2.45) is 10.9 Å². The molecule has 0 aromatic carbocycles. The van der Waals surface area contributed by atoms with Crippen molar-refractivity contribution in [3.63, 3.8) is 0 Å². The van der Waals surface area contributed by atoms with E-state index >= 15 is 0 Å². The van der Waals surface area contributed by atoms with Crippen molar-refractivity contribution in [1.82, 2.24) is 15.1 Å². The predicted molar refractivity (Wildman–Crippen MR) is 122 cm³/mol. The van der Waals surface area contributed by atoms with Crippen molar-refractivity contribution in [2.75, 3.05) is 46.4 Å². The second-order valence-electron chi connectivity index (χ2n) is 6.72. The maximum absolute atomic E-state index is 12.1. The van der Waals surface area contributed by atoms with Crippen molar-refractivity contribution in [3.05, 3.63) is 24.2 Å². The van der Waals surface area contributed by atoms with Gasteiger partial charge in [-0.15, -0.1) is 24.0 Å². The number of rotatable bonds is 8. The summed E-state index contributed by atoms with van der Waals surface area (Å²) in [5.41, 5.74) is 0. The lowest BCUT2D eigenvalue weighted by Crippen LogP contribution is -2.50. The van der Waals surface area contributed by atoms with E-state index in [1.165, 1.54) is 0 Å². The number of guanidine groups is 1. The van der Waals surface area contributed by atoms with Gasteiger partial charge in [-0.25, -0.2) is 0 Å². The van der Waals surface area contributed by atoms with Gasteiger partial charge in [-0.1, -0.05) is 13.8 Å². The van der Waals surface area contributed by atoms with E-state index in [4.69, 9.17) is 9.15 Å². The molecule has 1 aromatic rings. The molecule has 0 aliphatic carbocycles. The summed E-state index contributed by atoms with van der Waals surface area (Å²) in [5.74, 6) is 1.59. The topological polar surface area (TPSA) is 70.3 Å². The molecule has 2 atom stereocenters. The van der Waals surface area contributed by atoms with Crippen LogP contribution in [0.25, 0.3) is 0 Å². The number of furan rings is 1. The molecule has 0 saturated carbocycles. The number of ether oxygens (including phenoxy) is 1. The zero-order valence-corrected chi connectivity index (χ0v) is 19.8. The highest BCUT2D eigenvalue weighted by atomic mass is 127. The Kier molecular flexibility index (Phi) is 11.5. The van der Waals surface area contributed by atoms with Gasteiger partial charge in [0.15, 0.2) is 5.96 Å². The van der Waals surface area contributed by atoms with Crippen molar-refractivity contribution in [1.29, 1.82) is 0 Å². The molecule has 7 nitrogen and oxygen atoms in total. The molecule has 1 fully saturated rings. The first-order valence-corrected chi connectivity index (χ1v) is 10.0. The lowest BCUT2D eigenvalue weighted by molar-refractivity contribution is -0.149. The quantitative estimate of drug-likeness (QED) is 0.253. The third-order valence-corrected chi connectivity index (χ3v) is 5.13. The molecule has 1 N–H and O–H groups in total. The Balaban J connectivity index is 0.00000392. The minimum Gasteiger partial charge on any atom is -0.468 e. The standard InChI is InChI=1S/C20H34N4O3.HI/c1-5-23(6-2)17(18-11-9-13-27-18)14-22-20(21-4)24-12-8-10-16(15-24)19(25)26-7-3;/h9,11,13,16-17H,5-8,10,12,14-15H2,1-4H3,(H,21,22);1H. The molecule has 28 heavy (non-hydrogen) atoms. The van der Waals surface area contributed by atoms with Crippen LogP contribution in [0, 0.1) is 5.92 Å². The van der Waals surface area contributed by atoms with E-state index < -0.39 is 0 Å². The van der Waals surface area contributed by atoms with Crippen molar-refractivity contribution < 1.29 is 13.9 Å². The monoisotopic (exact) mass is 506 g/mol. The summed E-state index contributed by atoms with van der Waals surface area (Å²) in [7, 11) is 1.79. The Morgan fingerprint density at radius 1 is 1.43 bits per heavy atom. The van der Waals surface area contributed by atoms with Gasteiger partial charge in [0.1, 0.15) is 5.76 Å². The number of hydrogen-bond donors (Lipinski definition) is 1. The van der Waals surface area contributed by atoms with Gasteiger partial charge in [0.05, 0.1) is 24.8 Å². The maximum Gasteiger partial charge on any atom is 0.310 e. The van der Waals surface area contributed by atoms with Crippen molar-refractivity contribution in [2.45, 2.75) is 39.7 Å². The molecule has 0 spiro atoms. The van der Waals surface area contributed by atoms with Crippen LogP contribution >= 0.6 is 24.0 Å². The lowest BCUT2D eigenvalue weighted by Gasteiger charge is -2.35. The number of hydrogen-bond acceptors (Lipinski definition) is 5. The summed E-state index contributed by atoms with van der Waals surface area (Å²) in [6, 6.07) is 4.08. The summed E-state index contributed by atoms with van der Waals surface area (Å²) < 4.78 is 10.9. The van der Waals surface area contributed by atoms with Crippen LogP contribution in [0.15, 0.2) is 27.8 Å². The second-order valence-corrected chi connectivity index (χ2v) is 6.72. The van der Waals surface area contributed by atoms with Gasteiger partial charge in [0, 0.05) is 26.7 Å². The molecule has 0 radical (unpaired) electrons. The minimum atomic E-state index is -0.103. The molecule has 0 bridgehead atoms. The van der Waals surface area contributed by atoms with Crippen LogP contribution in [0.3, 0.4) is 0 Å². The van der Waals surface area contributed by atoms with Gasteiger partial charge in [0.2, 0.25) is 0 Å². The van der Waals surface area contributed by atoms with Gasteiger partial charge in [-0.3, -0.25) is 14.7 Å². The molecule has 1 aliphatic rings. The predicted octanol–water partition coefficient (Wildman–Crippen LogP) is 3.13. The number of nitrogens with zero attached hydrogens (tertiary/aromatic N) is 3. The first-order valence-electron chi connectivity index (χ1n) is 10.0. The van der Waals surface area contributed by atoms with Crippen molar-refractivity contribution >= 4 is 35.9 Å². The highest BCUT2D eigenvalue weighted by Gasteiger charge is 2.29. The number of likely N-dealkylation sites (tertiary alicyclic amines) is 1. The smallest absolute Gasteiger partial charge is 0.310 e. The van der Waals surface area contributed by atoms with E-state index in [0.717, 1.165) is 44.2 Å². The third-order valence-electron chi connectivity index (χ3n) is 5.13. The zero-order valence-electron chi connectivity index (χ0n) is 17.5. The summed E-state index contributed by atoms with van der Waals surface area (Å²) in [4.78, 5) is 21.1. The Morgan fingerprint density at radius 2 is 2.18 bits per heavy atom. The van der Waals surface area contributed by atoms with E-state index in [1.54, 1.807) is 13.3 Å². The third kappa shape index (κ3) is 6.65. The Bertz CT molecular complexity index is 590. The molecule has 2 heterocycles. The number of halogens is 1. The largest absolute Gasteiger partial charge is 0.468 e. The van der Waals surface area contributed by atoms with E-state index in [0.29, 0.717) is 19.7 Å². The average molecular weight is 506 g/mol. The summed E-state index contributed by atoms with van der Waals surface area (Å²) in [6.07, 6.45) is 3.55. The average Bonchev–Trinajstić information content (AvgIpc) is 3.22. The Labute approximate surface area is 185 Å². The molecule has 0 amide bonds. The SMILES string of the molecule is CCOC(=O)C1CCCN(C(=NC)NCC(c2ccco2)N(CC)CC)C1.I. The maximum atomic E-state index is 12.1. The number of aliphatic imine (C=N–C) groups is 1. The van der Waals surface area contributed by atoms with Crippen LogP contribution in [-0.4, -0.2) is 68.1 Å². The highest BCUT2D eigenvalue weighted by Crippen LogP contribution is 2.21.